The SMILES string of the molecule is CN1CC2C[C@@H](C1)[C@@H]1CCCN1C2. The van der Waals surface area contributed by atoms with E-state index in [4.69, 9.17) is 0 Å². The van der Waals surface area contributed by atoms with Gasteiger partial charge in [0, 0.05) is 25.7 Å². The van der Waals surface area contributed by atoms with E-state index in [0.717, 1.165) is 17.9 Å². The maximum Gasteiger partial charge on any atom is 0.0136 e. The summed E-state index contributed by atoms with van der Waals surface area (Å²) in [4.78, 5) is 5.32. The lowest BCUT2D eigenvalue weighted by atomic mass is 9.80. The van der Waals surface area contributed by atoms with Crippen LogP contribution in [-0.2, 0) is 0 Å². The molecule has 0 spiro atoms. The average molecular weight is 180 g/mol. The van der Waals surface area contributed by atoms with Crippen molar-refractivity contribution in [2.45, 2.75) is 25.3 Å². The first-order valence-corrected chi connectivity index (χ1v) is 5.75. The molecular formula is C11H20N2. The summed E-state index contributed by atoms with van der Waals surface area (Å²) in [7, 11) is 2.30. The summed E-state index contributed by atoms with van der Waals surface area (Å²) in [6.07, 6.45) is 4.45. The van der Waals surface area contributed by atoms with E-state index < -0.39 is 0 Å². The zero-order valence-electron chi connectivity index (χ0n) is 8.58. The van der Waals surface area contributed by atoms with Gasteiger partial charge >= 0.3 is 0 Å². The highest BCUT2D eigenvalue weighted by molar-refractivity contribution is 4.96. The fourth-order valence-corrected chi connectivity index (χ4v) is 3.85. The molecule has 3 heterocycles. The predicted octanol–water partition coefficient (Wildman–Crippen LogP) is 1.03. The van der Waals surface area contributed by atoms with Crippen LogP contribution in [0.5, 0.6) is 0 Å². The highest BCUT2D eigenvalue weighted by Gasteiger charge is 2.41. The molecule has 13 heavy (non-hydrogen) atoms. The minimum absolute atomic E-state index is 0.957. The molecule has 0 N–H and O–H groups in total. The summed E-state index contributed by atoms with van der Waals surface area (Å²) in [6.45, 7) is 5.49. The summed E-state index contributed by atoms with van der Waals surface area (Å²) in [5.41, 5.74) is 0. The molecule has 0 radical (unpaired) electrons. The van der Waals surface area contributed by atoms with E-state index in [1.54, 1.807) is 0 Å². The van der Waals surface area contributed by atoms with Crippen molar-refractivity contribution >= 4 is 0 Å². The first-order valence-electron chi connectivity index (χ1n) is 5.75. The summed E-state index contributed by atoms with van der Waals surface area (Å²) in [5.74, 6) is 1.98. The van der Waals surface area contributed by atoms with Gasteiger partial charge in [0.1, 0.15) is 0 Å². The normalized spacial score (nSPS) is 46.4. The summed E-state index contributed by atoms with van der Waals surface area (Å²) >= 11 is 0. The Morgan fingerprint density at radius 2 is 2.08 bits per heavy atom. The van der Waals surface area contributed by atoms with Crippen LogP contribution in [0, 0.1) is 11.8 Å². The fraction of sp³-hybridized carbons (Fsp3) is 1.00. The smallest absolute Gasteiger partial charge is 0.0136 e. The van der Waals surface area contributed by atoms with Gasteiger partial charge in [-0.1, -0.05) is 0 Å². The van der Waals surface area contributed by atoms with Gasteiger partial charge in [0.15, 0.2) is 0 Å². The van der Waals surface area contributed by atoms with Gasteiger partial charge in [0.2, 0.25) is 0 Å². The van der Waals surface area contributed by atoms with Crippen molar-refractivity contribution in [3.8, 4) is 0 Å². The molecule has 3 aliphatic rings. The lowest BCUT2D eigenvalue weighted by molar-refractivity contribution is 0.0162. The Bertz CT molecular complexity index is 202. The molecule has 3 atom stereocenters. The van der Waals surface area contributed by atoms with E-state index in [1.165, 1.54) is 45.4 Å². The number of hydrogen-bond donors (Lipinski definition) is 0. The van der Waals surface area contributed by atoms with Crippen molar-refractivity contribution in [2.75, 3.05) is 33.2 Å². The Hall–Kier alpha value is -0.0800. The van der Waals surface area contributed by atoms with Crippen LogP contribution in [0.25, 0.3) is 0 Å². The lowest BCUT2D eigenvalue weighted by Gasteiger charge is -2.47. The van der Waals surface area contributed by atoms with Crippen LogP contribution in [0.2, 0.25) is 0 Å². The van der Waals surface area contributed by atoms with Gasteiger partial charge in [-0.15, -0.1) is 0 Å². The molecule has 0 aliphatic carbocycles. The van der Waals surface area contributed by atoms with Crippen molar-refractivity contribution in [1.29, 1.82) is 0 Å². The van der Waals surface area contributed by atoms with Gasteiger partial charge in [-0.3, -0.25) is 4.90 Å². The largest absolute Gasteiger partial charge is 0.306 e. The molecule has 2 nitrogen and oxygen atoms in total. The molecule has 2 heteroatoms. The van der Waals surface area contributed by atoms with Gasteiger partial charge in [-0.2, -0.15) is 0 Å². The monoisotopic (exact) mass is 180 g/mol. The van der Waals surface area contributed by atoms with Crippen LogP contribution >= 0.6 is 0 Å². The van der Waals surface area contributed by atoms with Crippen molar-refractivity contribution in [3.63, 3.8) is 0 Å². The van der Waals surface area contributed by atoms with Crippen molar-refractivity contribution in [2.24, 2.45) is 11.8 Å². The van der Waals surface area contributed by atoms with Gasteiger partial charge in [0.05, 0.1) is 0 Å². The number of piperidine rings is 2. The van der Waals surface area contributed by atoms with Gasteiger partial charge < -0.3 is 4.90 Å². The van der Waals surface area contributed by atoms with Gasteiger partial charge in [-0.25, -0.2) is 0 Å². The molecule has 0 amide bonds. The van der Waals surface area contributed by atoms with Gasteiger partial charge in [0.25, 0.3) is 0 Å². The number of nitrogens with zero attached hydrogens (tertiary/aromatic N) is 2. The topological polar surface area (TPSA) is 6.48 Å². The van der Waals surface area contributed by atoms with Crippen LogP contribution in [0.4, 0.5) is 0 Å². The summed E-state index contributed by atoms with van der Waals surface area (Å²) in [6, 6.07) is 0.957. The highest BCUT2D eigenvalue weighted by atomic mass is 15.2. The Morgan fingerprint density at radius 1 is 1.15 bits per heavy atom. The second kappa shape index (κ2) is 2.96. The van der Waals surface area contributed by atoms with E-state index in [0.29, 0.717) is 0 Å². The van der Waals surface area contributed by atoms with Crippen molar-refractivity contribution in [1.82, 2.24) is 9.80 Å². The Kier molecular flexibility index (Phi) is 1.88. The zero-order chi connectivity index (χ0) is 8.84. The second-order valence-electron chi connectivity index (χ2n) is 5.29. The van der Waals surface area contributed by atoms with E-state index >= 15 is 0 Å². The van der Waals surface area contributed by atoms with Crippen LogP contribution in [0.3, 0.4) is 0 Å². The van der Waals surface area contributed by atoms with E-state index in [-0.39, 0.29) is 0 Å². The summed E-state index contributed by atoms with van der Waals surface area (Å²) < 4.78 is 0. The molecule has 0 aromatic heterocycles. The van der Waals surface area contributed by atoms with Crippen molar-refractivity contribution in [3.05, 3.63) is 0 Å². The first kappa shape index (κ1) is 8.25. The highest BCUT2D eigenvalue weighted by Crippen LogP contribution is 2.37. The molecule has 3 fully saturated rings. The molecule has 74 valence electrons. The van der Waals surface area contributed by atoms with Crippen LogP contribution in [0.1, 0.15) is 19.3 Å². The molecule has 0 saturated carbocycles. The predicted molar refractivity (Wildman–Crippen MR) is 53.7 cm³/mol. The van der Waals surface area contributed by atoms with E-state index in [9.17, 15) is 0 Å². The number of rotatable bonds is 0. The standard InChI is InChI=1S/C11H20N2/c1-12-6-9-5-10(8-12)11-3-2-4-13(11)7-9/h9-11H,2-8H2,1H3/t9?,10-,11-/m0/s1. The molecule has 0 aromatic carbocycles. The number of fused-ring (bicyclic) bond motifs is 4. The van der Waals surface area contributed by atoms with Crippen molar-refractivity contribution < 1.29 is 0 Å². The molecule has 2 bridgehead atoms. The number of hydrogen-bond acceptors (Lipinski definition) is 2. The molecule has 3 rings (SSSR count). The molecule has 0 aromatic rings. The van der Waals surface area contributed by atoms with Crippen LogP contribution < -0.4 is 0 Å². The Balaban J connectivity index is 1.79. The average Bonchev–Trinajstić information content (AvgIpc) is 2.50. The summed E-state index contributed by atoms with van der Waals surface area (Å²) in [5, 5.41) is 0. The maximum atomic E-state index is 2.77. The Morgan fingerprint density at radius 3 is 3.00 bits per heavy atom. The second-order valence-corrected chi connectivity index (χ2v) is 5.29. The molecule has 3 saturated heterocycles. The maximum absolute atomic E-state index is 2.77. The Labute approximate surface area is 80.9 Å². The van der Waals surface area contributed by atoms with E-state index in [1.807, 2.05) is 0 Å². The van der Waals surface area contributed by atoms with E-state index in [2.05, 4.69) is 16.8 Å². The first-order chi connectivity index (χ1) is 6.33. The van der Waals surface area contributed by atoms with Crippen LogP contribution in [-0.4, -0.2) is 49.1 Å². The quantitative estimate of drug-likeness (QED) is 0.549. The minimum atomic E-state index is 0.957. The van der Waals surface area contributed by atoms with Gasteiger partial charge in [-0.05, 0) is 44.7 Å². The third-order valence-corrected chi connectivity index (χ3v) is 4.20. The third kappa shape index (κ3) is 1.31. The lowest BCUT2D eigenvalue weighted by Crippen LogP contribution is -2.54. The molecule has 1 unspecified atom stereocenters. The fourth-order valence-electron chi connectivity index (χ4n) is 3.85. The minimum Gasteiger partial charge on any atom is -0.306 e. The van der Waals surface area contributed by atoms with Crippen LogP contribution in [0.15, 0.2) is 0 Å². The molecule has 3 aliphatic heterocycles. The number of likely N-dealkylation sites (tertiary alicyclic amines) is 1. The zero-order valence-corrected chi connectivity index (χ0v) is 8.58. The molecular weight excluding hydrogens is 160 g/mol. The third-order valence-electron chi connectivity index (χ3n) is 4.20.